The molecule has 1 aliphatic heterocycles. The van der Waals surface area contributed by atoms with Crippen LogP contribution in [0.25, 0.3) is 22.2 Å². The van der Waals surface area contributed by atoms with Crippen LogP contribution >= 0.6 is 0 Å². The SMILES string of the molecule is Cc1c(-c2ccc(Oc3cc(F)cc(F)c3)cc2)c2c(N)ncnc2n1CC1CCCN1C(=O)C(C#N)=CC1CC1. The molecule has 1 aliphatic carbocycles. The fraction of sp³-hybridized carbons (Fsp3) is 0.290. The van der Waals surface area contributed by atoms with E-state index in [1.54, 1.807) is 12.1 Å². The van der Waals surface area contributed by atoms with Gasteiger partial charge >= 0.3 is 0 Å². The number of ether oxygens (including phenoxy) is 1. The predicted octanol–water partition coefficient (Wildman–Crippen LogP) is 5.91. The molecule has 2 fully saturated rings. The minimum absolute atomic E-state index is 0.0582. The van der Waals surface area contributed by atoms with Gasteiger partial charge in [0, 0.05) is 42.5 Å². The quantitative estimate of drug-likeness (QED) is 0.225. The number of carbonyl (C=O) groups is 1. The molecule has 1 saturated heterocycles. The molecule has 41 heavy (non-hydrogen) atoms. The van der Waals surface area contributed by atoms with Crippen LogP contribution < -0.4 is 10.5 Å². The average molecular weight is 555 g/mol. The zero-order chi connectivity index (χ0) is 28.7. The molecule has 6 rings (SSSR count). The molecule has 0 spiro atoms. The molecule has 208 valence electrons. The van der Waals surface area contributed by atoms with Crippen molar-refractivity contribution in [2.45, 2.75) is 45.2 Å². The highest BCUT2D eigenvalue weighted by Gasteiger charge is 2.33. The van der Waals surface area contributed by atoms with Crippen LogP contribution in [0.15, 0.2) is 60.4 Å². The molecule has 1 saturated carbocycles. The lowest BCUT2D eigenvalue weighted by atomic mass is 10.0. The van der Waals surface area contributed by atoms with E-state index in [1.165, 1.54) is 6.33 Å². The van der Waals surface area contributed by atoms with E-state index in [0.29, 0.717) is 41.6 Å². The minimum atomic E-state index is -0.721. The lowest BCUT2D eigenvalue weighted by molar-refractivity contribution is -0.127. The van der Waals surface area contributed by atoms with E-state index in [2.05, 4.69) is 20.6 Å². The molecule has 0 bridgehead atoms. The van der Waals surface area contributed by atoms with Crippen LogP contribution in [0.4, 0.5) is 14.6 Å². The summed E-state index contributed by atoms with van der Waals surface area (Å²) < 4.78 is 34.9. The Morgan fingerprint density at radius 1 is 1.12 bits per heavy atom. The largest absolute Gasteiger partial charge is 0.457 e. The number of likely N-dealkylation sites (tertiary alicyclic amines) is 1. The molecule has 2 aliphatic rings. The highest BCUT2D eigenvalue weighted by molar-refractivity contribution is 6.02. The molecule has 4 aromatic rings. The number of hydrogen-bond acceptors (Lipinski definition) is 6. The van der Waals surface area contributed by atoms with E-state index in [0.717, 1.165) is 60.7 Å². The van der Waals surface area contributed by atoms with E-state index in [4.69, 9.17) is 10.5 Å². The molecule has 1 unspecified atom stereocenters. The lowest BCUT2D eigenvalue weighted by Crippen LogP contribution is -2.39. The van der Waals surface area contributed by atoms with Gasteiger partial charge in [0.25, 0.3) is 5.91 Å². The summed E-state index contributed by atoms with van der Waals surface area (Å²) in [5.74, 6) is -0.513. The Kier molecular flexibility index (Phi) is 6.87. The Morgan fingerprint density at radius 3 is 2.54 bits per heavy atom. The maximum Gasteiger partial charge on any atom is 0.264 e. The molecule has 10 heteroatoms. The summed E-state index contributed by atoms with van der Waals surface area (Å²) in [6.45, 7) is 3.08. The van der Waals surface area contributed by atoms with Crippen LogP contribution in [0.3, 0.4) is 0 Å². The van der Waals surface area contributed by atoms with Gasteiger partial charge in [0.1, 0.15) is 52.6 Å². The summed E-state index contributed by atoms with van der Waals surface area (Å²) in [5, 5.41) is 10.3. The molecule has 1 amide bonds. The Hall–Kier alpha value is -4.78. The number of allylic oxidation sites excluding steroid dienone is 1. The third kappa shape index (κ3) is 5.23. The first kappa shape index (κ1) is 26.4. The third-order valence-electron chi connectivity index (χ3n) is 7.75. The van der Waals surface area contributed by atoms with E-state index in [-0.39, 0.29) is 23.3 Å². The van der Waals surface area contributed by atoms with Gasteiger partial charge in [0.2, 0.25) is 0 Å². The standard InChI is InChI=1S/C31H28F2N6O2/c1-18-27(20-6-8-25(9-7-20)41-26-13-22(32)12-23(33)14-26)28-29(35)36-17-37-30(28)39(18)16-24-3-2-10-38(24)31(40)21(15-34)11-19-4-5-19/h6-9,11-14,17,19,24H,2-5,10,16H2,1H3,(H2,35,36,37). The second-order valence-electron chi connectivity index (χ2n) is 10.6. The van der Waals surface area contributed by atoms with Crippen molar-refractivity contribution >= 4 is 22.8 Å². The first-order valence-electron chi connectivity index (χ1n) is 13.6. The predicted molar refractivity (Wildman–Crippen MR) is 150 cm³/mol. The zero-order valence-corrected chi connectivity index (χ0v) is 22.5. The molecule has 8 nitrogen and oxygen atoms in total. The fourth-order valence-electron chi connectivity index (χ4n) is 5.61. The number of nitrogens with two attached hydrogens (primary N) is 1. The maximum absolute atomic E-state index is 13.6. The van der Waals surface area contributed by atoms with Crippen molar-refractivity contribution in [2.75, 3.05) is 12.3 Å². The first-order valence-corrected chi connectivity index (χ1v) is 13.6. The number of benzene rings is 2. The minimum Gasteiger partial charge on any atom is -0.457 e. The Bertz CT molecular complexity index is 1700. The van der Waals surface area contributed by atoms with Gasteiger partial charge in [-0.1, -0.05) is 18.2 Å². The summed E-state index contributed by atoms with van der Waals surface area (Å²) in [7, 11) is 0. The van der Waals surface area contributed by atoms with Gasteiger partial charge in [-0.3, -0.25) is 4.79 Å². The van der Waals surface area contributed by atoms with Gasteiger partial charge in [-0.15, -0.1) is 0 Å². The number of nitriles is 1. The zero-order valence-electron chi connectivity index (χ0n) is 22.5. The monoisotopic (exact) mass is 554 g/mol. The normalized spacial score (nSPS) is 17.2. The van der Waals surface area contributed by atoms with Gasteiger partial charge in [0.15, 0.2) is 0 Å². The number of nitrogens with zero attached hydrogens (tertiary/aromatic N) is 5. The van der Waals surface area contributed by atoms with Crippen LogP contribution in [0, 0.1) is 35.8 Å². The average Bonchev–Trinajstić information content (AvgIpc) is 3.57. The molecule has 2 aromatic heterocycles. The Morgan fingerprint density at radius 2 is 1.85 bits per heavy atom. The lowest BCUT2D eigenvalue weighted by Gasteiger charge is -2.25. The van der Waals surface area contributed by atoms with Crippen molar-refractivity contribution in [3.63, 3.8) is 0 Å². The number of hydrogen-bond donors (Lipinski definition) is 1. The van der Waals surface area contributed by atoms with E-state index in [1.807, 2.05) is 30.0 Å². The third-order valence-corrected chi connectivity index (χ3v) is 7.75. The van der Waals surface area contributed by atoms with E-state index < -0.39 is 11.6 Å². The molecular weight excluding hydrogens is 526 g/mol. The van der Waals surface area contributed by atoms with Crippen molar-refractivity contribution in [1.82, 2.24) is 19.4 Å². The van der Waals surface area contributed by atoms with Crippen molar-refractivity contribution in [3.05, 3.63) is 77.8 Å². The topological polar surface area (TPSA) is 110 Å². The fourth-order valence-corrected chi connectivity index (χ4v) is 5.61. The number of halogens is 2. The summed E-state index contributed by atoms with van der Waals surface area (Å²) in [5.41, 5.74) is 9.84. The number of fused-ring (bicyclic) bond motifs is 1. The van der Waals surface area contributed by atoms with Crippen LogP contribution in [-0.4, -0.2) is 37.9 Å². The van der Waals surface area contributed by atoms with Crippen LogP contribution in [0.5, 0.6) is 11.5 Å². The molecule has 1 atom stereocenters. The summed E-state index contributed by atoms with van der Waals surface area (Å²) in [6.07, 6.45) is 6.97. The van der Waals surface area contributed by atoms with Crippen LogP contribution in [0.1, 0.15) is 31.4 Å². The van der Waals surface area contributed by atoms with Crippen LogP contribution in [-0.2, 0) is 11.3 Å². The summed E-state index contributed by atoms with van der Waals surface area (Å²) >= 11 is 0. The van der Waals surface area contributed by atoms with Gasteiger partial charge < -0.3 is 19.9 Å². The molecular formula is C31H28F2N6O2. The molecule has 2 N–H and O–H groups in total. The van der Waals surface area contributed by atoms with Crippen molar-refractivity contribution in [1.29, 1.82) is 5.26 Å². The van der Waals surface area contributed by atoms with Gasteiger partial charge in [-0.05, 0) is 56.2 Å². The van der Waals surface area contributed by atoms with Gasteiger partial charge in [-0.25, -0.2) is 18.7 Å². The van der Waals surface area contributed by atoms with Crippen molar-refractivity contribution in [2.24, 2.45) is 5.92 Å². The number of anilines is 1. The van der Waals surface area contributed by atoms with Gasteiger partial charge in [0.05, 0.1) is 11.4 Å². The Balaban J connectivity index is 1.32. The summed E-state index contributed by atoms with van der Waals surface area (Å²) in [6, 6.07) is 12.2. The first-order chi connectivity index (χ1) is 19.8. The Labute approximate surface area is 235 Å². The van der Waals surface area contributed by atoms with Crippen LogP contribution in [0.2, 0.25) is 0 Å². The van der Waals surface area contributed by atoms with Gasteiger partial charge in [-0.2, -0.15) is 5.26 Å². The molecule has 0 radical (unpaired) electrons. The maximum atomic E-state index is 13.6. The smallest absolute Gasteiger partial charge is 0.264 e. The molecule has 3 heterocycles. The van der Waals surface area contributed by atoms with Crippen molar-refractivity contribution in [3.8, 4) is 28.7 Å². The highest BCUT2D eigenvalue weighted by Crippen LogP contribution is 2.38. The second-order valence-corrected chi connectivity index (χ2v) is 10.6. The number of rotatable bonds is 7. The number of aromatic nitrogens is 3. The number of carbonyl (C=O) groups excluding carboxylic acids is 1. The number of nitrogen functional groups attached to an aromatic ring is 1. The number of amides is 1. The molecule has 2 aromatic carbocycles. The van der Waals surface area contributed by atoms with E-state index in [9.17, 15) is 18.8 Å². The van der Waals surface area contributed by atoms with E-state index >= 15 is 0 Å². The van der Waals surface area contributed by atoms with Crippen molar-refractivity contribution < 1.29 is 18.3 Å². The summed E-state index contributed by atoms with van der Waals surface area (Å²) in [4.78, 5) is 23.9. The highest BCUT2D eigenvalue weighted by atomic mass is 19.1. The second kappa shape index (κ2) is 10.7.